The summed E-state index contributed by atoms with van der Waals surface area (Å²) >= 11 is 3.04. The van der Waals surface area contributed by atoms with Gasteiger partial charge in [-0.2, -0.15) is 8.42 Å². The van der Waals surface area contributed by atoms with Crippen molar-refractivity contribution in [3.8, 4) is 0 Å². The maximum Gasteiger partial charge on any atom is 0.281 e. The van der Waals surface area contributed by atoms with Crippen LogP contribution in [0.25, 0.3) is 0 Å². The molecule has 0 atom stereocenters. The highest BCUT2D eigenvalue weighted by Crippen LogP contribution is 2.27. The normalized spacial score (nSPS) is 11.6. The van der Waals surface area contributed by atoms with E-state index in [1.807, 2.05) is 0 Å². The van der Waals surface area contributed by atoms with Crippen molar-refractivity contribution >= 4 is 37.5 Å². The van der Waals surface area contributed by atoms with Crippen LogP contribution in [0.4, 0.5) is 15.9 Å². The highest BCUT2D eigenvalue weighted by atomic mass is 79.9. The first kappa shape index (κ1) is 14.8. The summed E-state index contributed by atoms with van der Waals surface area (Å²) < 4.78 is 41.9. The number of nitrogens with one attached hydrogen (secondary N) is 1. The van der Waals surface area contributed by atoms with Crippen molar-refractivity contribution in [2.75, 3.05) is 10.5 Å². The summed E-state index contributed by atoms with van der Waals surface area (Å²) in [6, 6.07) is 2.59. The number of nitrogens with two attached hydrogens (primary N) is 1. The molecule has 0 unspecified atom stereocenters. The molecule has 0 saturated heterocycles. The molecule has 0 aliphatic carbocycles. The topological polar surface area (TPSA) is 90.0 Å². The molecule has 0 aliphatic heterocycles. The minimum Gasteiger partial charge on any atom is -0.381 e. The van der Waals surface area contributed by atoms with Crippen LogP contribution >= 0.6 is 15.9 Å². The first-order valence-electron chi connectivity index (χ1n) is 5.47. The summed E-state index contributed by atoms with van der Waals surface area (Å²) in [4.78, 5) is 3.72. The van der Waals surface area contributed by atoms with Crippen LogP contribution in [0.5, 0.6) is 0 Å². The summed E-state index contributed by atoms with van der Waals surface area (Å²) in [6.07, 6.45) is 1.29. The smallest absolute Gasteiger partial charge is 0.281 e. The number of aromatic nitrogens is 2. The zero-order chi connectivity index (χ0) is 15.1. The highest BCUT2D eigenvalue weighted by Gasteiger charge is 2.23. The molecule has 1 heterocycles. The van der Waals surface area contributed by atoms with E-state index < -0.39 is 15.8 Å². The average Bonchev–Trinajstić information content (AvgIpc) is 2.66. The molecule has 20 heavy (non-hydrogen) atoms. The van der Waals surface area contributed by atoms with E-state index in [2.05, 4.69) is 25.6 Å². The van der Waals surface area contributed by atoms with E-state index in [-0.39, 0.29) is 21.0 Å². The van der Waals surface area contributed by atoms with Gasteiger partial charge in [-0.1, -0.05) is 0 Å². The largest absolute Gasteiger partial charge is 0.381 e. The van der Waals surface area contributed by atoms with Crippen molar-refractivity contribution in [3.63, 3.8) is 0 Å². The summed E-state index contributed by atoms with van der Waals surface area (Å²) in [5, 5.41) is -0.166. The molecule has 9 heteroatoms. The summed E-state index contributed by atoms with van der Waals surface area (Å²) in [5.74, 6) is -0.679. The quantitative estimate of drug-likeness (QED) is 0.873. The Morgan fingerprint density at radius 1 is 1.45 bits per heavy atom. The Bertz CT molecular complexity index is 753. The molecule has 0 amide bonds. The van der Waals surface area contributed by atoms with Gasteiger partial charge in [0, 0.05) is 7.05 Å². The molecule has 0 fully saturated rings. The molecule has 2 rings (SSSR count). The van der Waals surface area contributed by atoms with Gasteiger partial charge >= 0.3 is 0 Å². The van der Waals surface area contributed by atoms with Crippen molar-refractivity contribution in [1.29, 1.82) is 0 Å². The molecule has 0 aliphatic rings. The molecule has 0 saturated carbocycles. The van der Waals surface area contributed by atoms with Crippen molar-refractivity contribution < 1.29 is 12.8 Å². The van der Waals surface area contributed by atoms with Crippen LogP contribution in [0, 0.1) is 12.7 Å². The predicted molar refractivity (Wildman–Crippen MR) is 77.3 cm³/mol. The van der Waals surface area contributed by atoms with Gasteiger partial charge in [-0.25, -0.2) is 9.37 Å². The number of hydrogen-bond acceptors (Lipinski definition) is 4. The molecule has 2 aromatic rings. The van der Waals surface area contributed by atoms with Gasteiger partial charge in [-0.05, 0) is 40.5 Å². The molecule has 0 radical (unpaired) electrons. The van der Waals surface area contributed by atoms with Crippen LogP contribution in [0.1, 0.15) is 5.56 Å². The number of nitrogen functional groups attached to an aromatic ring is 1. The fourth-order valence-corrected chi connectivity index (χ4v) is 3.53. The minimum atomic E-state index is -3.94. The second-order valence-corrected chi connectivity index (χ2v) is 6.68. The van der Waals surface area contributed by atoms with Crippen LogP contribution < -0.4 is 10.5 Å². The van der Waals surface area contributed by atoms with Gasteiger partial charge in [0.05, 0.1) is 16.5 Å². The maximum absolute atomic E-state index is 13.5. The number of nitrogens with zero attached hydrogens (tertiary/aromatic N) is 2. The predicted octanol–water partition coefficient (Wildman–Crippen LogP) is 2.01. The van der Waals surface area contributed by atoms with Gasteiger partial charge in [0.25, 0.3) is 10.0 Å². The second kappa shape index (κ2) is 5.06. The minimum absolute atomic E-state index is 0.116. The van der Waals surface area contributed by atoms with Gasteiger partial charge in [-0.3, -0.25) is 4.72 Å². The molecule has 6 nitrogen and oxygen atoms in total. The summed E-state index contributed by atoms with van der Waals surface area (Å²) in [5.41, 5.74) is 6.26. The van der Waals surface area contributed by atoms with Crippen LogP contribution in [-0.4, -0.2) is 18.0 Å². The number of imidazole rings is 1. The van der Waals surface area contributed by atoms with Crippen LogP contribution in [0.15, 0.2) is 28.0 Å². The number of rotatable bonds is 3. The fourth-order valence-electron chi connectivity index (χ4n) is 1.71. The van der Waals surface area contributed by atoms with Crippen molar-refractivity contribution in [1.82, 2.24) is 9.55 Å². The van der Waals surface area contributed by atoms with Gasteiger partial charge < -0.3 is 10.3 Å². The Balaban J connectivity index is 2.47. The molecular weight excluding hydrogens is 351 g/mol. The van der Waals surface area contributed by atoms with E-state index in [1.54, 1.807) is 6.92 Å². The van der Waals surface area contributed by atoms with E-state index in [9.17, 15) is 12.8 Å². The average molecular weight is 363 g/mol. The Morgan fingerprint density at radius 2 is 2.10 bits per heavy atom. The van der Waals surface area contributed by atoms with Crippen molar-refractivity contribution in [2.45, 2.75) is 11.9 Å². The fraction of sp³-hybridized carbons (Fsp3) is 0.182. The van der Waals surface area contributed by atoms with Crippen molar-refractivity contribution in [2.24, 2.45) is 7.05 Å². The molecule has 1 aromatic heterocycles. The Morgan fingerprint density at radius 3 is 2.65 bits per heavy atom. The van der Waals surface area contributed by atoms with Gasteiger partial charge in [0.15, 0.2) is 10.8 Å². The second-order valence-electron chi connectivity index (χ2n) is 4.23. The third kappa shape index (κ3) is 2.63. The Kier molecular flexibility index (Phi) is 3.74. The number of sulfonamides is 1. The molecule has 0 spiro atoms. The molecule has 0 bridgehead atoms. The molecule has 108 valence electrons. The Labute approximate surface area is 124 Å². The lowest BCUT2D eigenvalue weighted by atomic mass is 10.2. The highest BCUT2D eigenvalue weighted by molar-refractivity contribution is 9.10. The number of aryl methyl sites for hydroxylation is 2. The maximum atomic E-state index is 13.5. The molecular formula is C11H12BrFN4O2S. The van der Waals surface area contributed by atoms with Gasteiger partial charge in [-0.15, -0.1) is 0 Å². The van der Waals surface area contributed by atoms with Crippen LogP contribution in [0.2, 0.25) is 0 Å². The van der Waals surface area contributed by atoms with E-state index in [0.717, 1.165) is 6.07 Å². The van der Waals surface area contributed by atoms with Crippen molar-refractivity contribution in [3.05, 3.63) is 34.3 Å². The summed E-state index contributed by atoms with van der Waals surface area (Å²) in [6.45, 7) is 1.66. The lowest BCUT2D eigenvalue weighted by molar-refractivity contribution is 0.591. The first-order chi connectivity index (χ1) is 9.22. The number of anilines is 2. The number of halogens is 2. The first-order valence-corrected chi connectivity index (χ1v) is 7.75. The van der Waals surface area contributed by atoms with Crippen LogP contribution in [-0.2, 0) is 17.1 Å². The Hall–Kier alpha value is -1.61. The summed E-state index contributed by atoms with van der Waals surface area (Å²) in [7, 11) is -2.43. The van der Waals surface area contributed by atoms with Gasteiger partial charge in [0.2, 0.25) is 0 Å². The third-order valence-corrected chi connectivity index (χ3v) is 4.78. The zero-order valence-electron chi connectivity index (χ0n) is 10.7. The molecule has 3 N–H and O–H groups in total. The standard InChI is InChI=1S/C11H12BrFN4O2S/c1-6-3-7(12)8(13)4-9(6)16-20(18,19)11-10(14)15-5-17(11)2/h3-5,16H,14H2,1-2H3. The zero-order valence-corrected chi connectivity index (χ0v) is 13.1. The number of benzene rings is 1. The lowest BCUT2D eigenvalue weighted by Crippen LogP contribution is -2.18. The van der Waals surface area contributed by atoms with E-state index in [0.29, 0.717) is 5.56 Å². The van der Waals surface area contributed by atoms with Crippen LogP contribution in [0.3, 0.4) is 0 Å². The van der Waals surface area contributed by atoms with E-state index in [4.69, 9.17) is 5.73 Å². The monoisotopic (exact) mass is 362 g/mol. The number of hydrogen-bond donors (Lipinski definition) is 2. The lowest BCUT2D eigenvalue weighted by Gasteiger charge is -2.12. The van der Waals surface area contributed by atoms with E-state index >= 15 is 0 Å². The molecule has 1 aromatic carbocycles. The van der Waals surface area contributed by atoms with E-state index in [1.165, 1.54) is 24.0 Å². The SMILES string of the molecule is Cc1cc(Br)c(F)cc1NS(=O)(=O)c1c(N)ncn1C. The van der Waals surface area contributed by atoms with Gasteiger partial charge in [0.1, 0.15) is 5.82 Å². The third-order valence-electron chi connectivity index (χ3n) is 2.68.